The molecule has 1 atom stereocenters. The summed E-state index contributed by atoms with van der Waals surface area (Å²) in [5.74, 6) is -0.0903. The minimum atomic E-state index is -1.08. The van der Waals surface area contributed by atoms with Crippen LogP contribution in [0.15, 0.2) is 11.1 Å². The van der Waals surface area contributed by atoms with Crippen LogP contribution in [0.4, 0.5) is 0 Å². The second-order valence-electron chi connectivity index (χ2n) is 3.13. The minimum Gasteiger partial charge on any atom is -0.367 e. The molecule has 0 spiro atoms. The van der Waals surface area contributed by atoms with Gasteiger partial charge in [0, 0.05) is 12.6 Å². The number of carbonyl (C=O) groups excluding carboxylic acids is 1. The summed E-state index contributed by atoms with van der Waals surface area (Å²) in [6.45, 7) is 5.13. The zero-order chi connectivity index (χ0) is 8.81. The first-order valence-electron chi connectivity index (χ1n) is 3.57. The Morgan fingerprint density at radius 3 is 2.00 bits per heavy atom. The molecule has 0 bridgehead atoms. The lowest BCUT2D eigenvalue weighted by molar-refractivity contribution is -0.137. The van der Waals surface area contributed by atoms with E-state index < -0.39 is 5.72 Å². The lowest BCUT2D eigenvalue weighted by Crippen LogP contribution is -2.42. The highest BCUT2D eigenvalue weighted by atomic mass is 16.3. The fourth-order valence-corrected chi connectivity index (χ4v) is 1.22. The van der Waals surface area contributed by atoms with Gasteiger partial charge in [-0.3, -0.25) is 4.79 Å². The minimum absolute atomic E-state index is 0.0903. The molecule has 1 heterocycles. The zero-order valence-electron chi connectivity index (χ0n) is 7.30. The lowest BCUT2D eigenvalue weighted by Gasteiger charge is -2.27. The van der Waals surface area contributed by atoms with Crippen molar-refractivity contribution in [2.24, 2.45) is 0 Å². The second-order valence-corrected chi connectivity index (χ2v) is 3.13. The van der Waals surface area contributed by atoms with Crippen molar-refractivity contribution in [1.82, 2.24) is 4.90 Å². The maximum Gasteiger partial charge on any atom is 0.251 e. The first-order valence-corrected chi connectivity index (χ1v) is 3.57. The molecule has 1 aliphatic rings. The normalized spacial score (nSPS) is 32.1. The van der Waals surface area contributed by atoms with Crippen LogP contribution in [0.3, 0.4) is 0 Å². The number of amides is 1. The molecule has 0 aromatic heterocycles. The van der Waals surface area contributed by atoms with Crippen LogP contribution in [0.25, 0.3) is 0 Å². The quantitative estimate of drug-likeness (QED) is 0.553. The maximum atomic E-state index is 11.2. The van der Waals surface area contributed by atoms with Crippen molar-refractivity contribution in [3.8, 4) is 0 Å². The monoisotopic (exact) mass is 155 g/mol. The lowest BCUT2D eigenvalue weighted by atomic mass is 10.1. The van der Waals surface area contributed by atoms with Gasteiger partial charge in [-0.15, -0.1) is 0 Å². The van der Waals surface area contributed by atoms with Gasteiger partial charge < -0.3 is 10.0 Å². The van der Waals surface area contributed by atoms with Crippen LogP contribution in [0.2, 0.25) is 0 Å². The third-order valence-electron chi connectivity index (χ3n) is 2.55. The molecule has 0 saturated carbocycles. The largest absolute Gasteiger partial charge is 0.367 e. The van der Waals surface area contributed by atoms with Crippen LogP contribution in [0, 0.1) is 0 Å². The molecule has 0 saturated heterocycles. The Balaban J connectivity index is 3.16. The van der Waals surface area contributed by atoms with Crippen LogP contribution in [-0.4, -0.2) is 28.7 Å². The van der Waals surface area contributed by atoms with Crippen molar-refractivity contribution in [3.05, 3.63) is 11.1 Å². The molecular formula is C8H13NO2. The van der Waals surface area contributed by atoms with E-state index in [9.17, 15) is 9.90 Å². The third-order valence-corrected chi connectivity index (χ3v) is 2.55. The number of hydrogen-bond donors (Lipinski definition) is 1. The molecule has 62 valence electrons. The van der Waals surface area contributed by atoms with Crippen LogP contribution in [0.5, 0.6) is 0 Å². The highest BCUT2D eigenvalue weighted by Crippen LogP contribution is 2.30. The second kappa shape index (κ2) is 2.08. The summed E-state index contributed by atoms with van der Waals surface area (Å²) < 4.78 is 0. The Hall–Kier alpha value is -0.830. The van der Waals surface area contributed by atoms with Crippen LogP contribution >= 0.6 is 0 Å². The van der Waals surface area contributed by atoms with Gasteiger partial charge in [-0.25, -0.2) is 0 Å². The van der Waals surface area contributed by atoms with Gasteiger partial charge in [0.1, 0.15) is 0 Å². The Morgan fingerprint density at radius 1 is 1.45 bits per heavy atom. The van der Waals surface area contributed by atoms with Gasteiger partial charge in [-0.05, 0) is 26.3 Å². The van der Waals surface area contributed by atoms with Crippen molar-refractivity contribution < 1.29 is 9.90 Å². The van der Waals surface area contributed by atoms with Crippen molar-refractivity contribution in [3.63, 3.8) is 0 Å². The molecule has 1 amide bonds. The highest BCUT2D eigenvalue weighted by Gasteiger charge is 2.40. The summed E-state index contributed by atoms with van der Waals surface area (Å²) in [6, 6.07) is 0. The van der Waals surface area contributed by atoms with Gasteiger partial charge in [-0.2, -0.15) is 0 Å². The first kappa shape index (κ1) is 8.27. The third kappa shape index (κ3) is 0.878. The Labute approximate surface area is 66.3 Å². The number of likely N-dealkylation sites (N-methyl/N-ethyl adjacent to an activating group) is 1. The van der Waals surface area contributed by atoms with Gasteiger partial charge >= 0.3 is 0 Å². The number of nitrogens with zero attached hydrogens (tertiary/aromatic N) is 1. The number of aliphatic hydroxyl groups is 1. The molecule has 0 aromatic carbocycles. The van der Waals surface area contributed by atoms with Gasteiger partial charge in [-0.1, -0.05) is 0 Å². The number of carbonyl (C=O) groups is 1. The molecular weight excluding hydrogens is 142 g/mol. The van der Waals surface area contributed by atoms with E-state index in [1.807, 2.05) is 0 Å². The number of hydrogen-bond acceptors (Lipinski definition) is 2. The summed E-state index contributed by atoms with van der Waals surface area (Å²) in [4.78, 5) is 12.6. The van der Waals surface area contributed by atoms with Gasteiger partial charge in [0.15, 0.2) is 5.72 Å². The fraction of sp³-hybridized carbons (Fsp3) is 0.625. The van der Waals surface area contributed by atoms with E-state index in [0.29, 0.717) is 5.57 Å². The van der Waals surface area contributed by atoms with Crippen LogP contribution in [0.1, 0.15) is 20.8 Å². The van der Waals surface area contributed by atoms with E-state index in [-0.39, 0.29) is 5.91 Å². The van der Waals surface area contributed by atoms with E-state index in [2.05, 4.69) is 0 Å². The molecule has 0 aliphatic carbocycles. The predicted molar refractivity (Wildman–Crippen MR) is 41.8 cm³/mol. The summed E-state index contributed by atoms with van der Waals surface area (Å²) in [5.41, 5.74) is 0.309. The van der Waals surface area contributed by atoms with E-state index in [1.54, 1.807) is 27.8 Å². The zero-order valence-corrected chi connectivity index (χ0v) is 7.30. The van der Waals surface area contributed by atoms with Crippen molar-refractivity contribution in [2.45, 2.75) is 26.5 Å². The average molecular weight is 155 g/mol. The molecule has 0 radical (unpaired) electrons. The first-order chi connectivity index (χ1) is 4.89. The van der Waals surface area contributed by atoms with Crippen LogP contribution < -0.4 is 0 Å². The smallest absolute Gasteiger partial charge is 0.251 e. The summed E-state index contributed by atoms with van der Waals surface area (Å²) >= 11 is 0. The molecule has 11 heavy (non-hydrogen) atoms. The highest BCUT2D eigenvalue weighted by molar-refractivity contribution is 5.97. The molecule has 1 aliphatic heterocycles. The summed E-state index contributed by atoms with van der Waals surface area (Å²) in [7, 11) is 1.60. The van der Waals surface area contributed by atoms with E-state index in [1.165, 1.54) is 4.90 Å². The standard InChI is InChI=1S/C8H13NO2/c1-5-6(2)8(3,11)9(4)7(5)10/h11H,1-4H3. The molecule has 0 fully saturated rings. The average Bonchev–Trinajstić information content (AvgIpc) is 2.06. The Bertz CT molecular complexity index is 240. The summed E-state index contributed by atoms with van der Waals surface area (Å²) in [5, 5.41) is 9.72. The van der Waals surface area contributed by atoms with E-state index in [4.69, 9.17) is 0 Å². The van der Waals surface area contributed by atoms with Crippen LogP contribution in [-0.2, 0) is 4.79 Å². The number of rotatable bonds is 0. The Morgan fingerprint density at radius 2 is 1.91 bits per heavy atom. The fourth-order valence-electron chi connectivity index (χ4n) is 1.22. The molecule has 1 N–H and O–H groups in total. The molecule has 0 aromatic rings. The van der Waals surface area contributed by atoms with Gasteiger partial charge in [0.25, 0.3) is 5.91 Å². The van der Waals surface area contributed by atoms with Gasteiger partial charge in [0.05, 0.1) is 0 Å². The summed E-state index contributed by atoms with van der Waals surface area (Å²) in [6.07, 6.45) is 0. The van der Waals surface area contributed by atoms with Crippen molar-refractivity contribution in [2.75, 3.05) is 7.05 Å². The predicted octanol–water partition coefficient (Wildman–Crippen LogP) is 0.503. The molecule has 1 rings (SSSR count). The Kier molecular flexibility index (Phi) is 1.56. The molecule has 3 heteroatoms. The topological polar surface area (TPSA) is 40.5 Å². The van der Waals surface area contributed by atoms with Crippen molar-refractivity contribution >= 4 is 5.91 Å². The SMILES string of the molecule is CC1=C(C)C(C)(O)N(C)C1=O. The molecule has 3 nitrogen and oxygen atoms in total. The van der Waals surface area contributed by atoms with E-state index in [0.717, 1.165) is 5.57 Å². The van der Waals surface area contributed by atoms with Crippen molar-refractivity contribution in [1.29, 1.82) is 0 Å². The maximum absolute atomic E-state index is 11.2. The molecule has 1 unspecified atom stereocenters. The van der Waals surface area contributed by atoms with E-state index >= 15 is 0 Å². The van der Waals surface area contributed by atoms with Gasteiger partial charge in [0.2, 0.25) is 0 Å².